The Hall–Kier alpha value is -0.0579. The molecule has 2 heteroatoms. The van der Waals surface area contributed by atoms with E-state index in [2.05, 4.69) is 6.92 Å². The van der Waals surface area contributed by atoms with Gasteiger partial charge in [-0.1, -0.05) is 57.2 Å². The second-order valence-corrected chi connectivity index (χ2v) is 4.15. The zero-order chi connectivity index (χ0) is 10.9. The molecule has 1 N–H and O–H groups in total. The van der Waals surface area contributed by atoms with Crippen LogP contribution in [0.4, 0.5) is 0 Å². The van der Waals surface area contributed by atoms with Crippen LogP contribution in [0.1, 0.15) is 51.0 Å². The SMILES string of the molecule is CCCCCCCCc1ccccc1O.[Pb]. The number of benzene rings is 1. The minimum atomic E-state index is 0. The maximum atomic E-state index is 9.55. The van der Waals surface area contributed by atoms with Gasteiger partial charge in [0.1, 0.15) is 5.75 Å². The molecule has 0 saturated heterocycles. The van der Waals surface area contributed by atoms with Gasteiger partial charge in [0.2, 0.25) is 0 Å². The summed E-state index contributed by atoms with van der Waals surface area (Å²) in [6, 6.07) is 7.65. The summed E-state index contributed by atoms with van der Waals surface area (Å²) in [6.07, 6.45) is 8.85. The first-order valence-electron chi connectivity index (χ1n) is 6.11. The number of phenolic OH excluding ortho intramolecular Hbond substituents is 1. The van der Waals surface area contributed by atoms with Crippen molar-refractivity contribution >= 4 is 27.3 Å². The topological polar surface area (TPSA) is 20.2 Å². The van der Waals surface area contributed by atoms with Crippen LogP contribution < -0.4 is 0 Å². The number of rotatable bonds is 7. The van der Waals surface area contributed by atoms with Gasteiger partial charge in [0.05, 0.1) is 0 Å². The Morgan fingerprint density at radius 2 is 1.56 bits per heavy atom. The fraction of sp³-hybridized carbons (Fsp3) is 0.571. The molecular formula is C14H22OPb. The second-order valence-electron chi connectivity index (χ2n) is 4.15. The first-order valence-corrected chi connectivity index (χ1v) is 6.11. The molecule has 0 aliphatic carbocycles. The summed E-state index contributed by atoms with van der Waals surface area (Å²) < 4.78 is 0. The van der Waals surface area contributed by atoms with E-state index in [4.69, 9.17) is 0 Å². The minimum Gasteiger partial charge on any atom is -0.508 e. The summed E-state index contributed by atoms with van der Waals surface area (Å²) in [4.78, 5) is 0. The van der Waals surface area contributed by atoms with Crippen LogP contribution in [-0.4, -0.2) is 32.4 Å². The van der Waals surface area contributed by atoms with Crippen LogP contribution in [0.15, 0.2) is 24.3 Å². The van der Waals surface area contributed by atoms with Gasteiger partial charge in [-0.15, -0.1) is 0 Å². The molecule has 0 aliphatic heterocycles. The molecule has 0 saturated carbocycles. The van der Waals surface area contributed by atoms with Crippen LogP contribution in [0, 0.1) is 0 Å². The number of phenols is 1. The Labute approximate surface area is 119 Å². The van der Waals surface area contributed by atoms with Crippen molar-refractivity contribution in [1.82, 2.24) is 0 Å². The molecule has 4 radical (unpaired) electrons. The van der Waals surface area contributed by atoms with Gasteiger partial charge in [0.25, 0.3) is 0 Å². The molecule has 0 amide bonds. The van der Waals surface area contributed by atoms with Crippen molar-refractivity contribution in [3.8, 4) is 5.75 Å². The molecule has 88 valence electrons. The van der Waals surface area contributed by atoms with Gasteiger partial charge >= 0.3 is 0 Å². The molecular weight excluding hydrogens is 391 g/mol. The summed E-state index contributed by atoms with van der Waals surface area (Å²) in [5, 5.41) is 9.55. The third kappa shape index (κ3) is 6.51. The molecule has 1 aromatic carbocycles. The van der Waals surface area contributed by atoms with Crippen LogP contribution in [0.2, 0.25) is 0 Å². The summed E-state index contributed by atoms with van der Waals surface area (Å²) in [6.45, 7) is 2.24. The quantitative estimate of drug-likeness (QED) is 0.531. The Bertz CT molecular complexity index is 273. The predicted octanol–water partition coefficient (Wildman–Crippen LogP) is 3.91. The van der Waals surface area contributed by atoms with Gasteiger partial charge in [0, 0.05) is 27.3 Å². The average molecular weight is 414 g/mol. The third-order valence-electron chi connectivity index (χ3n) is 2.79. The largest absolute Gasteiger partial charge is 0.508 e. The number of hydrogen-bond acceptors (Lipinski definition) is 1. The zero-order valence-electron chi connectivity index (χ0n) is 10.2. The predicted molar refractivity (Wildman–Crippen MR) is 70.9 cm³/mol. The van der Waals surface area contributed by atoms with Gasteiger partial charge in [-0.05, 0) is 24.5 Å². The number of unbranched alkanes of at least 4 members (excludes halogenated alkanes) is 5. The van der Waals surface area contributed by atoms with E-state index in [1.165, 1.54) is 38.5 Å². The van der Waals surface area contributed by atoms with E-state index in [1.54, 1.807) is 6.07 Å². The van der Waals surface area contributed by atoms with Crippen molar-refractivity contribution in [2.24, 2.45) is 0 Å². The summed E-state index contributed by atoms with van der Waals surface area (Å²) >= 11 is 0. The number of aromatic hydroxyl groups is 1. The molecule has 0 aromatic heterocycles. The van der Waals surface area contributed by atoms with E-state index < -0.39 is 0 Å². The maximum Gasteiger partial charge on any atom is 0.118 e. The normalized spacial score (nSPS) is 9.81. The van der Waals surface area contributed by atoms with Gasteiger partial charge < -0.3 is 5.11 Å². The Balaban J connectivity index is 0.00000225. The number of hydrogen-bond donors (Lipinski definition) is 1. The second kappa shape index (κ2) is 10.1. The van der Waals surface area contributed by atoms with E-state index >= 15 is 0 Å². The van der Waals surface area contributed by atoms with Gasteiger partial charge in [-0.25, -0.2) is 0 Å². The Morgan fingerprint density at radius 1 is 0.938 bits per heavy atom. The van der Waals surface area contributed by atoms with E-state index in [0.717, 1.165) is 12.0 Å². The van der Waals surface area contributed by atoms with Crippen molar-refractivity contribution in [2.45, 2.75) is 51.9 Å². The summed E-state index contributed by atoms with van der Waals surface area (Å²) in [5.41, 5.74) is 1.09. The molecule has 16 heavy (non-hydrogen) atoms. The van der Waals surface area contributed by atoms with E-state index in [9.17, 15) is 5.11 Å². The third-order valence-corrected chi connectivity index (χ3v) is 2.79. The molecule has 0 atom stereocenters. The Kier molecular flexibility index (Phi) is 10.1. The molecule has 0 unspecified atom stereocenters. The first kappa shape index (κ1) is 15.9. The van der Waals surface area contributed by atoms with Gasteiger partial charge in [-0.2, -0.15) is 0 Å². The fourth-order valence-corrected chi connectivity index (χ4v) is 1.82. The van der Waals surface area contributed by atoms with Crippen molar-refractivity contribution in [2.75, 3.05) is 0 Å². The van der Waals surface area contributed by atoms with E-state index in [0.29, 0.717) is 5.75 Å². The summed E-state index contributed by atoms with van der Waals surface area (Å²) in [5.74, 6) is 0.450. The standard InChI is InChI=1S/C14H22O.Pb/c1-2-3-4-5-6-7-10-13-11-8-9-12-14(13)15;/h8-9,11-12,15H,2-7,10H2,1H3;. The van der Waals surface area contributed by atoms with Gasteiger partial charge in [-0.3, -0.25) is 0 Å². The van der Waals surface area contributed by atoms with Crippen LogP contribution in [0.25, 0.3) is 0 Å². The van der Waals surface area contributed by atoms with Crippen molar-refractivity contribution in [1.29, 1.82) is 0 Å². The van der Waals surface area contributed by atoms with Crippen molar-refractivity contribution < 1.29 is 5.11 Å². The monoisotopic (exact) mass is 414 g/mol. The number of aryl methyl sites for hydroxylation is 1. The van der Waals surface area contributed by atoms with E-state index in [1.807, 2.05) is 18.2 Å². The molecule has 0 fully saturated rings. The van der Waals surface area contributed by atoms with Crippen LogP contribution >= 0.6 is 0 Å². The number of para-hydroxylation sites is 1. The van der Waals surface area contributed by atoms with E-state index in [-0.39, 0.29) is 27.3 Å². The molecule has 0 bridgehead atoms. The van der Waals surface area contributed by atoms with Crippen LogP contribution in [0.3, 0.4) is 0 Å². The molecule has 1 aromatic rings. The molecule has 1 nitrogen and oxygen atoms in total. The molecule has 1 rings (SSSR count). The molecule has 0 spiro atoms. The first-order chi connectivity index (χ1) is 7.34. The molecule has 0 heterocycles. The molecule has 0 aliphatic rings. The van der Waals surface area contributed by atoms with Crippen molar-refractivity contribution in [3.05, 3.63) is 29.8 Å². The van der Waals surface area contributed by atoms with Crippen LogP contribution in [-0.2, 0) is 6.42 Å². The fourth-order valence-electron chi connectivity index (χ4n) is 1.82. The Morgan fingerprint density at radius 3 is 2.25 bits per heavy atom. The zero-order valence-corrected chi connectivity index (χ0v) is 14.1. The van der Waals surface area contributed by atoms with Crippen molar-refractivity contribution in [3.63, 3.8) is 0 Å². The smallest absolute Gasteiger partial charge is 0.118 e. The summed E-state index contributed by atoms with van der Waals surface area (Å²) in [7, 11) is 0. The minimum absolute atomic E-state index is 0. The maximum absolute atomic E-state index is 9.55. The van der Waals surface area contributed by atoms with Crippen LogP contribution in [0.5, 0.6) is 5.75 Å². The van der Waals surface area contributed by atoms with Gasteiger partial charge in [0.15, 0.2) is 0 Å². The average Bonchev–Trinajstić information content (AvgIpc) is 2.25.